The number of thiazole rings is 1. The number of oxime groups is 1. The number of carboxylic acid groups (broad SMARTS) is 1. The molecule has 3 aromatic rings. The molecule has 3 heterocycles. The van der Waals surface area contributed by atoms with Crippen LogP contribution in [0.15, 0.2) is 47.2 Å². The van der Waals surface area contributed by atoms with Crippen LogP contribution < -0.4 is 20.8 Å². The van der Waals surface area contributed by atoms with Gasteiger partial charge in [0.1, 0.15) is 24.2 Å². The minimum Gasteiger partial charge on any atom is -0.724 e. The molecule has 19 heteroatoms. The van der Waals surface area contributed by atoms with Gasteiger partial charge in [-0.15, -0.1) is 11.3 Å². The van der Waals surface area contributed by atoms with Crippen molar-refractivity contribution < 1.29 is 50.9 Å². The van der Waals surface area contributed by atoms with E-state index in [1.807, 2.05) is 17.8 Å². The molecule has 5 N–H and O–H groups in total. The summed E-state index contributed by atoms with van der Waals surface area (Å²) in [5.41, 5.74) is 11.2. The Hall–Kier alpha value is -4.56. The maximum Gasteiger partial charge on any atom is 0.351 e. The molecule has 1 aliphatic heterocycles. The van der Waals surface area contributed by atoms with Crippen molar-refractivity contribution in [3.63, 3.8) is 0 Å². The van der Waals surface area contributed by atoms with E-state index < -0.39 is 64.4 Å². The van der Waals surface area contributed by atoms with Crippen LogP contribution in [0.5, 0.6) is 5.75 Å². The smallest absolute Gasteiger partial charge is 0.351 e. The monoisotopic (exact) mass is 691 g/mol. The number of ether oxygens (including phenoxy) is 1. The third-order valence-electron chi connectivity index (χ3n) is 7.29. The lowest BCUT2D eigenvalue weighted by molar-refractivity contribution is -0.682. The summed E-state index contributed by atoms with van der Waals surface area (Å²) in [7, 11) is -3.34. The van der Waals surface area contributed by atoms with Crippen molar-refractivity contribution in [2.24, 2.45) is 23.9 Å². The van der Waals surface area contributed by atoms with Crippen LogP contribution in [0.4, 0.5) is 5.13 Å². The molecule has 0 bridgehead atoms. The molecule has 4 rings (SSSR count). The summed E-state index contributed by atoms with van der Waals surface area (Å²) in [5.74, 6) is -3.02. The normalized spacial score (nSPS) is 16.8. The number of nitrogens with two attached hydrogens (primary N) is 2. The number of carbonyl (C=O) groups is 3. The molecule has 2 aromatic heterocycles. The predicted octanol–water partition coefficient (Wildman–Crippen LogP) is 0.344. The van der Waals surface area contributed by atoms with Crippen molar-refractivity contribution in [1.29, 1.82) is 0 Å². The van der Waals surface area contributed by atoms with E-state index in [0.29, 0.717) is 17.4 Å². The zero-order chi connectivity index (χ0) is 34.5. The fraction of sp³-hybridized carbons (Fsp3) is 0.393. The summed E-state index contributed by atoms with van der Waals surface area (Å²) >= 11 is 0.978. The van der Waals surface area contributed by atoms with Gasteiger partial charge in [-0.1, -0.05) is 22.3 Å². The van der Waals surface area contributed by atoms with E-state index in [1.54, 1.807) is 30.5 Å². The highest BCUT2D eigenvalue weighted by Crippen LogP contribution is 2.40. The van der Waals surface area contributed by atoms with E-state index in [0.717, 1.165) is 41.1 Å². The number of carbonyl (C=O) groups excluding carboxylic acids is 2. The molecule has 17 nitrogen and oxygen atoms in total. The minimum absolute atomic E-state index is 0.0340. The molecule has 0 radical (unpaired) electrons. The minimum atomic E-state index is -5.24. The van der Waals surface area contributed by atoms with Gasteiger partial charge in [-0.3, -0.25) is 9.59 Å². The van der Waals surface area contributed by atoms with Crippen LogP contribution in [0.2, 0.25) is 0 Å². The van der Waals surface area contributed by atoms with Gasteiger partial charge in [-0.2, -0.15) is 9.35 Å². The summed E-state index contributed by atoms with van der Waals surface area (Å²) in [4.78, 5) is 51.6. The number of nitrogen functional groups attached to an aromatic ring is 1. The Morgan fingerprint density at radius 2 is 1.96 bits per heavy atom. The molecule has 252 valence electrons. The van der Waals surface area contributed by atoms with E-state index in [1.165, 1.54) is 19.2 Å². The van der Waals surface area contributed by atoms with Crippen LogP contribution in [0.1, 0.15) is 38.2 Å². The van der Waals surface area contributed by atoms with Crippen molar-refractivity contribution in [3.05, 3.63) is 53.6 Å². The third-order valence-corrected chi connectivity index (χ3v) is 8.30. The lowest BCUT2D eigenvalue weighted by Crippen LogP contribution is -2.68. The Balaban J connectivity index is 1.44. The van der Waals surface area contributed by atoms with Crippen LogP contribution in [-0.2, 0) is 47.4 Å². The molecule has 1 amide bonds. The highest BCUT2D eigenvalue weighted by molar-refractivity contribution is 7.80. The number of Topliss-reactive ketones (excluding diaryl/α,β-unsaturated/α-hetero) is 1. The van der Waals surface area contributed by atoms with E-state index in [9.17, 15) is 32.5 Å². The molecule has 47 heavy (non-hydrogen) atoms. The number of anilines is 1. The van der Waals surface area contributed by atoms with Crippen LogP contribution in [0.3, 0.4) is 0 Å². The van der Waals surface area contributed by atoms with E-state index >= 15 is 0 Å². The number of hydrogen-bond acceptors (Lipinski definition) is 15. The number of aryl methyl sites for hydroxylation is 2. The summed E-state index contributed by atoms with van der Waals surface area (Å²) in [6.45, 7) is 2.87. The molecule has 0 saturated carbocycles. The average Bonchev–Trinajstić information content (AvgIpc) is 3.44. The largest absolute Gasteiger partial charge is 0.724 e. The summed E-state index contributed by atoms with van der Waals surface area (Å²) in [6, 6.07) is 6.86. The Bertz CT molecular complexity index is 1780. The molecule has 2 atom stereocenters. The maximum absolute atomic E-state index is 13.3. The number of nitrogens with zero attached hydrogens (tertiary/aromatic N) is 5. The van der Waals surface area contributed by atoms with Gasteiger partial charge in [-0.25, -0.2) is 22.8 Å². The molecule has 1 aliphatic rings. The highest BCUT2D eigenvalue weighted by atomic mass is 32.3. The number of hydrogen-bond donors (Lipinski definition) is 3. The number of aromatic nitrogens is 3. The van der Waals surface area contributed by atoms with Crippen molar-refractivity contribution in [1.82, 2.24) is 15.0 Å². The van der Waals surface area contributed by atoms with Gasteiger partial charge in [0.2, 0.25) is 10.4 Å². The number of hydroxylamine groups is 2. The molecule has 0 spiro atoms. The van der Waals surface area contributed by atoms with Gasteiger partial charge in [0.15, 0.2) is 22.8 Å². The maximum atomic E-state index is 13.3. The van der Waals surface area contributed by atoms with Crippen LogP contribution in [0.25, 0.3) is 11.1 Å². The van der Waals surface area contributed by atoms with E-state index in [-0.39, 0.29) is 10.8 Å². The quantitative estimate of drug-likeness (QED) is 0.0458. The number of ketones is 1. The molecule has 1 saturated heterocycles. The Morgan fingerprint density at radius 3 is 2.51 bits per heavy atom. The average molecular weight is 692 g/mol. The predicted molar refractivity (Wildman–Crippen MR) is 164 cm³/mol. The first-order chi connectivity index (χ1) is 22.1. The fourth-order valence-corrected chi connectivity index (χ4v) is 5.66. The van der Waals surface area contributed by atoms with Gasteiger partial charge in [0.05, 0.1) is 30.5 Å². The van der Waals surface area contributed by atoms with E-state index in [4.69, 9.17) is 21.0 Å². The second kappa shape index (κ2) is 14.5. The molecular weight excluding hydrogens is 658 g/mol. The second-order valence-electron chi connectivity index (χ2n) is 11.0. The second-order valence-corrected chi connectivity index (χ2v) is 12.8. The van der Waals surface area contributed by atoms with Crippen molar-refractivity contribution in [2.45, 2.75) is 44.8 Å². The third kappa shape index (κ3) is 8.63. The van der Waals surface area contributed by atoms with Gasteiger partial charge in [0, 0.05) is 11.8 Å². The zero-order valence-electron chi connectivity index (χ0n) is 25.6. The van der Waals surface area contributed by atoms with E-state index in [2.05, 4.69) is 19.4 Å². The van der Waals surface area contributed by atoms with Gasteiger partial charge in [-0.05, 0) is 44.5 Å². The molecule has 0 unspecified atom stereocenters. The number of benzene rings is 1. The molecular formula is C28H33N7O10S2. The SMILES string of the molecule is C[n+]1cc(-c2ccc(OC[C@H](O/N=C(\C(=O)C[C@@H]3C(=O)N(OS(=O)(=O)[O-])C3(C)C)c3csc(N)n3)C(=O)O)cc2)cnc1CCCN. The standard InChI is InChI=1S/C28H33N7O10S2/c1-28(2)19(25(37)35(28)45-47(40,41)42)11-21(36)24(20-15-46-27(30)32-20)33-44-22(26(38)39)14-43-18-8-6-16(7-9-18)17-12-31-23(5-4-10-29)34(3)13-17/h6-9,12-13,15,19,22H,4-5,10-11,14,29H2,1-3H3,(H3-,30,32,38,39,40,41,42)/b33-24-/t19-,22+/m1/s1. The Kier molecular flexibility index (Phi) is 10.9. The summed E-state index contributed by atoms with van der Waals surface area (Å²) in [5, 5.41) is 15.4. The first kappa shape index (κ1) is 35.3. The number of aliphatic carboxylic acids is 1. The summed E-state index contributed by atoms with van der Waals surface area (Å²) in [6.07, 6.45) is 3.10. The van der Waals surface area contributed by atoms with Crippen molar-refractivity contribution >= 4 is 50.2 Å². The highest BCUT2D eigenvalue weighted by Gasteiger charge is 2.57. The first-order valence-electron chi connectivity index (χ1n) is 14.1. The van der Waals surface area contributed by atoms with Crippen molar-refractivity contribution in [2.75, 3.05) is 18.9 Å². The fourth-order valence-electron chi connectivity index (χ4n) is 4.66. The number of rotatable bonds is 16. The number of amides is 1. The molecule has 1 aromatic carbocycles. The lowest BCUT2D eigenvalue weighted by atomic mass is 9.74. The molecule has 1 fully saturated rings. The number of β-lactam (4-membered cyclic amide) rings is 1. The van der Waals surface area contributed by atoms with Gasteiger partial charge < -0.3 is 30.7 Å². The van der Waals surface area contributed by atoms with Gasteiger partial charge >= 0.3 is 5.97 Å². The lowest BCUT2D eigenvalue weighted by Gasteiger charge is -2.51. The Morgan fingerprint density at radius 1 is 1.26 bits per heavy atom. The van der Waals surface area contributed by atoms with Crippen LogP contribution in [0, 0.1) is 5.92 Å². The van der Waals surface area contributed by atoms with Gasteiger partial charge in [0.25, 0.3) is 17.8 Å². The topological polar surface area (TPSA) is 254 Å². The van der Waals surface area contributed by atoms with Crippen LogP contribution in [-0.4, -0.2) is 81.3 Å². The van der Waals surface area contributed by atoms with Crippen molar-refractivity contribution in [3.8, 4) is 16.9 Å². The molecule has 0 aliphatic carbocycles. The Labute approximate surface area is 273 Å². The first-order valence-corrected chi connectivity index (χ1v) is 16.3. The summed E-state index contributed by atoms with van der Waals surface area (Å²) < 4.78 is 44.8. The van der Waals surface area contributed by atoms with Crippen LogP contribution >= 0.6 is 11.3 Å². The zero-order valence-corrected chi connectivity index (χ0v) is 27.2. The number of carboxylic acids is 1.